The van der Waals surface area contributed by atoms with E-state index in [-0.39, 0.29) is 0 Å². The van der Waals surface area contributed by atoms with Crippen LogP contribution in [-0.2, 0) is 0 Å². The molecule has 0 bridgehead atoms. The van der Waals surface area contributed by atoms with Gasteiger partial charge in [0.2, 0.25) is 0 Å². The maximum Gasteiger partial charge on any atom is 0.137 e. The summed E-state index contributed by atoms with van der Waals surface area (Å²) >= 11 is 6.97. The van der Waals surface area contributed by atoms with Gasteiger partial charge in [-0.2, -0.15) is 0 Å². The zero-order valence-electron chi connectivity index (χ0n) is 5.26. The van der Waals surface area contributed by atoms with Crippen LogP contribution in [0, 0.1) is 0 Å². The Morgan fingerprint density at radius 3 is 2.44 bits per heavy atom. The van der Waals surface area contributed by atoms with Gasteiger partial charge in [0.15, 0.2) is 0 Å². The molecule has 0 unspecified atom stereocenters. The predicted octanol–water partition coefficient (Wildman–Crippen LogP) is 2.31. The van der Waals surface area contributed by atoms with E-state index in [1.165, 1.54) is 11.5 Å². The molecule has 1 aromatic rings. The van der Waals surface area contributed by atoms with Crippen LogP contribution >= 0.6 is 23.1 Å². The Kier molecular flexibility index (Phi) is 2.03. The van der Waals surface area contributed by atoms with E-state index >= 15 is 0 Å². The summed E-state index contributed by atoms with van der Waals surface area (Å²) in [4.78, 5) is 0. The lowest BCUT2D eigenvalue weighted by atomic mass is 10.2. The molecule has 1 heterocycles. The number of aromatic nitrogens is 2. The van der Waals surface area contributed by atoms with Crippen molar-refractivity contribution in [3.63, 3.8) is 0 Å². The maximum absolute atomic E-state index is 5.73. The minimum absolute atomic E-state index is 0.385. The summed E-state index contributed by atoms with van der Waals surface area (Å²) in [7, 11) is 0. The van der Waals surface area contributed by atoms with E-state index in [1.807, 2.05) is 13.8 Å². The maximum atomic E-state index is 5.73. The van der Waals surface area contributed by atoms with Gasteiger partial charge in [0.1, 0.15) is 4.34 Å². The third kappa shape index (κ3) is 1.40. The summed E-state index contributed by atoms with van der Waals surface area (Å²) < 4.78 is 4.42. The summed E-state index contributed by atoms with van der Waals surface area (Å²) in [6, 6.07) is 0. The topological polar surface area (TPSA) is 25.8 Å². The molecule has 1 rings (SSSR count). The zero-order valence-corrected chi connectivity index (χ0v) is 6.83. The van der Waals surface area contributed by atoms with E-state index < -0.39 is 0 Å². The Labute approximate surface area is 63.0 Å². The largest absolute Gasteiger partial charge is 0.141 e. The van der Waals surface area contributed by atoms with Crippen LogP contribution in [0.2, 0.25) is 4.34 Å². The van der Waals surface area contributed by atoms with Crippen molar-refractivity contribution in [3.8, 4) is 0 Å². The lowest BCUT2D eigenvalue weighted by Gasteiger charge is -1.95. The van der Waals surface area contributed by atoms with E-state index in [0.717, 1.165) is 5.69 Å². The van der Waals surface area contributed by atoms with Gasteiger partial charge >= 0.3 is 0 Å². The summed E-state index contributed by atoms with van der Waals surface area (Å²) in [6.45, 7) is 4.09. The third-order valence-electron chi connectivity index (χ3n) is 1.02. The van der Waals surface area contributed by atoms with Crippen LogP contribution in [0.15, 0.2) is 0 Å². The molecule has 0 aliphatic rings. The summed E-state index contributed by atoms with van der Waals surface area (Å²) in [6.07, 6.45) is 0. The van der Waals surface area contributed by atoms with E-state index in [1.54, 1.807) is 0 Å². The van der Waals surface area contributed by atoms with Crippen LogP contribution in [0.4, 0.5) is 0 Å². The average Bonchev–Trinajstić information content (AvgIpc) is 2.13. The fourth-order valence-electron chi connectivity index (χ4n) is 0.529. The van der Waals surface area contributed by atoms with Crippen LogP contribution in [0.3, 0.4) is 0 Å². The van der Waals surface area contributed by atoms with Crippen molar-refractivity contribution in [3.05, 3.63) is 10.0 Å². The van der Waals surface area contributed by atoms with Gasteiger partial charge in [-0.15, -0.1) is 5.10 Å². The fourth-order valence-corrected chi connectivity index (χ4v) is 1.45. The zero-order chi connectivity index (χ0) is 6.85. The lowest BCUT2D eigenvalue weighted by Crippen LogP contribution is -1.86. The molecule has 1 aromatic heterocycles. The minimum atomic E-state index is 0.385. The van der Waals surface area contributed by atoms with Gasteiger partial charge in [0.25, 0.3) is 0 Å². The molecule has 0 saturated heterocycles. The molecule has 0 radical (unpaired) electrons. The Morgan fingerprint density at radius 2 is 2.22 bits per heavy atom. The van der Waals surface area contributed by atoms with Crippen molar-refractivity contribution < 1.29 is 0 Å². The highest BCUT2D eigenvalue weighted by molar-refractivity contribution is 7.10. The van der Waals surface area contributed by atoms with Gasteiger partial charge < -0.3 is 0 Å². The molecule has 0 N–H and O–H groups in total. The molecule has 0 aromatic carbocycles. The van der Waals surface area contributed by atoms with E-state index in [0.29, 0.717) is 10.3 Å². The molecule has 0 aliphatic carbocycles. The molecule has 4 heteroatoms. The van der Waals surface area contributed by atoms with Gasteiger partial charge in [0.05, 0.1) is 5.69 Å². The van der Waals surface area contributed by atoms with E-state index in [9.17, 15) is 0 Å². The summed E-state index contributed by atoms with van der Waals surface area (Å²) in [5.41, 5.74) is 0.904. The Bertz CT molecular complexity index is 197. The quantitative estimate of drug-likeness (QED) is 0.634. The standard InChI is InChI=1S/C5H7ClN2S/c1-3(2)4-5(6)9-8-7-4/h3H,1-2H3. The molecule has 0 aliphatic heterocycles. The molecule has 0 fully saturated rings. The second-order valence-corrected chi connectivity index (χ2v) is 3.44. The normalized spacial score (nSPS) is 10.7. The SMILES string of the molecule is CC(C)c1nnsc1Cl. The molecule has 9 heavy (non-hydrogen) atoms. The Hall–Kier alpha value is -0.150. The van der Waals surface area contributed by atoms with Gasteiger partial charge in [-0.05, 0) is 5.92 Å². The van der Waals surface area contributed by atoms with Crippen molar-refractivity contribution in [1.82, 2.24) is 9.59 Å². The molecular weight excluding hydrogens is 156 g/mol. The van der Waals surface area contributed by atoms with Gasteiger partial charge in [0, 0.05) is 11.5 Å². The highest BCUT2D eigenvalue weighted by Gasteiger charge is 2.07. The van der Waals surface area contributed by atoms with E-state index in [2.05, 4.69) is 9.59 Å². The number of hydrogen-bond acceptors (Lipinski definition) is 3. The highest BCUT2D eigenvalue weighted by atomic mass is 35.5. The van der Waals surface area contributed by atoms with Crippen molar-refractivity contribution in [2.45, 2.75) is 19.8 Å². The predicted molar refractivity (Wildman–Crippen MR) is 39.0 cm³/mol. The van der Waals surface area contributed by atoms with Crippen LogP contribution in [-0.4, -0.2) is 9.59 Å². The second-order valence-electron chi connectivity index (χ2n) is 2.09. The molecule has 0 atom stereocenters. The van der Waals surface area contributed by atoms with Crippen LogP contribution in [0.5, 0.6) is 0 Å². The summed E-state index contributed by atoms with van der Waals surface area (Å²) in [5.74, 6) is 0.385. The molecule has 0 spiro atoms. The monoisotopic (exact) mass is 162 g/mol. The average molecular weight is 163 g/mol. The summed E-state index contributed by atoms with van der Waals surface area (Å²) in [5, 5.41) is 3.85. The van der Waals surface area contributed by atoms with Gasteiger partial charge in [-0.25, -0.2) is 0 Å². The first-order valence-corrected chi connectivity index (χ1v) is 3.84. The molecule has 2 nitrogen and oxygen atoms in total. The molecule has 0 saturated carbocycles. The second kappa shape index (κ2) is 2.62. The highest BCUT2D eigenvalue weighted by Crippen LogP contribution is 2.23. The number of halogens is 1. The third-order valence-corrected chi connectivity index (χ3v) is 1.95. The Balaban J connectivity index is 2.94. The first-order valence-electron chi connectivity index (χ1n) is 2.69. The fraction of sp³-hybridized carbons (Fsp3) is 0.600. The first-order chi connectivity index (χ1) is 4.22. The lowest BCUT2D eigenvalue weighted by molar-refractivity contribution is 0.812. The molecular formula is C5H7ClN2S. The minimum Gasteiger partial charge on any atom is -0.141 e. The number of rotatable bonds is 1. The molecule has 0 amide bonds. The Morgan fingerprint density at radius 1 is 1.56 bits per heavy atom. The first kappa shape index (κ1) is 6.96. The van der Waals surface area contributed by atoms with Crippen LogP contribution in [0.1, 0.15) is 25.5 Å². The molecule has 50 valence electrons. The van der Waals surface area contributed by atoms with Gasteiger partial charge in [-0.1, -0.05) is 29.9 Å². The van der Waals surface area contributed by atoms with Crippen molar-refractivity contribution in [2.75, 3.05) is 0 Å². The van der Waals surface area contributed by atoms with Crippen molar-refractivity contribution >= 4 is 23.1 Å². The van der Waals surface area contributed by atoms with Crippen LogP contribution < -0.4 is 0 Å². The van der Waals surface area contributed by atoms with E-state index in [4.69, 9.17) is 11.6 Å². The van der Waals surface area contributed by atoms with Gasteiger partial charge in [-0.3, -0.25) is 0 Å². The van der Waals surface area contributed by atoms with Crippen molar-refractivity contribution in [2.24, 2.45) is 0 Å². The number of nitrogens with zero attached hydrogens (tertiary/aromatic N) is 2. The number of hydrogen-bond donors (Lipinski definition) is 0. The smallest absolute Gasteiger partial charge is 0.137 e. The van der Waals surface area contributed by atoms with Crippen molar-refractivity contribution in [1.29, 1.82) is 0 Å². The van der Waals surface area contributed by atoms with Crippen LogP contribution in [0.25, 0.3) is 0 Å².